The second-order valence-corrected chi connectivity index (χ2v) is 9.57. The highest BCUT2D eigenvalue weighted by Crippen LogP contribution is 2.24. The zero-order chi connectivity index (χ0) is 20.4. The SMILES string of the molecule is Cc1ccc(S(=O)(=O)n2ccc3ccc(CCNC(=O)c4cccs4)cc32)cc1. The summed E-state index contributed by atoms with van der Waals surface area (Å²) in [5.41, 5.74) is 2.60. The average Bonchev–Trinajstić information content (AvgIpc) is 3.38. The molecule has 1 amide bonds. The summed E-state index contributed by atoms with van der Waals surface area (Å²) in [5, 5.41) is 5.62. The van der Waals surface area contributed by atoms with E-state index in [1.165, 1.54) is 15.3 Å². The number of hydrogen-bond donors (Lipinski definition) is 1. The molecule has 0 radical (unpaired) electrons. The summed E-state index contributed by atoms with van der Waals surface area (Å²) >= 11 is 1.40. The monoisotopic (exact) mass is 424 g/mol. The average molecular weight is 425 g/mol. The maximum absolute atomic E-state index is 13.1. The minimum atomic E-state index is -3.67. The molecule has 2 aromatic carbocycles. The highest BCUT2D eigenvalue weighted by atomic mass is 32.2. The number of nitrogens with zero attached hydrogens (tertiary/aromatic N) is 1. The maximum atomic E-state index is 13.1. The molecule has 5 nitrogen and oxygen atoms in total. The predicted octanol–water partition coefficient (Wildman–Crippen LogP) is 4.22. The van der Waals surface area contributed by atoms with Crippen molar-refractivity contribution in [1.82, 2.24) is 9.29 Å². The molecule has 0 saturated carbocycles. The van der Waals surface area contributed by atoms with Crippen molar-refractivity contribution < 1.29 is 13.2 Å². The summed E-state index contributed by atoms with van der Waals surface area (Å²) in [4.78, 5) is 13.0. The summed E-state index contributed by atoms with van der Waals surface area (Å²) in [6.45, 7) is 2.40. The van der Waals surface area contributed by atoms with Crippen molar-refractivity contribution in [1.29, 1.82) is 0 Å². The Morgan fingerprint density at radius 3 is 2.59 bits per heavy atom. The van der Waals surface area contributed by atoms with E-state index < -0.39 is 10.0 Å². The van der Waals surface area contributed by atoms with Crippen molar-refractivity contribution >= 4 is 38.2 Å². The quantitative estimate of drug-likeness (QED) is 0.504. The number of benzene rings is 2. The molecule has 0 aliphatic heterocycles. The van der Waals surface area contributed by atoms with Gasteiger partial charge in [0.25, 0.3) is 15.9 Å². The van der Waals surface area contributed by atoms with E-state index in [4.69, 9.17) is 0 Å². The van der Waals surface area contributed by atoms with E-state index in [1.807, 2.05) is 36.6 Å². The van der Waals surface area contributed by atoms with Crippen molar-refractivity contribution in [2.24, 2.45) is 0 Å². The van der Waals surface area contributed by atoms with Gasteiger partial charge >= 0.3 is 0 Å². The molecule has 4 aromatic rings. The van der Waals surface area contributed by atoms with Gasteiger partial charge in [-0.1, -0.05) is 35.9 Å². The molecule has 0 aliphatic rings. The lowest BCUT2D eigenvalue weighted by atomic mass is 10.1. The van der Waals surface area contributed by atoms with Crippen LogP contribution in [0, 0.1) is 6.92 Å². The van der Waals surface area contributed by atoms with Crippen LogP contribution in [0.5, 0.6) is 0 Å². The first-order valence-corrected chi connectivity index (χ1v) is 11.5. The van der Waals surface area contributed by atoms with Crippen LogP contribution in [0.4, 0.5) is 0 Å². The fourth-order valence-corrected chi connectivity index (χ4v) is 5.14. The molecule has 0 saturated heterocycles. The van der Waals surface area contributed by atoms with Crippen LogP contribution in [-0.4, -0.2) is 24.8 Å². The first-order chi connectivity index (χ1) is 13.9. The summed E-state index contributed by atoms with van der Waals surface area (Å²) < 4.78 is 27.5. The van der Waals surface area contributed by atoms with Crippen LogP contribution >= 0.6 is 11.3 Å². The molecule has 0 bridgehead atoms. The third-order valence-electron chi connectivity index (χ3n) is 4.74. The van der Waals surface area contributed by atoms with Gasteiger partial charge in [0, 0.05) is 18.1 Å². The second kappa shape index (κ2) is 7.85. The summed E-state index contributed by atoms with van der Waals surface area (Å²) in [6.07, 6.45) is 2.20. The fourth-order valence-electron chi connectivity index (χ4n) is 3.15. The van der Waals surface area contributed by atoms with Gasteiger partial charge in [-0.25, -0.2) is 12.4 Å². The van der Waals surface area contributed by atoms with Crippen LogP contribution in [0.1, 0.15) is 20.8 Å². The number of nitrogens with one attached hydrogen (secondary N) is 1. The number of aryl methyl sites for hydroxylation is 1. The van der Waals surface area contributed by atoms with Gasteiger partial charge in [0.1, 0.15) is 0 Å². The van der Waals surface area contributed by atoms with Crippen LogP contribution in [-0.2, 0) is 16.4 Å². The van der Waals surface area contributed by atoms with Gasteiger partial charge in [-0.3, -0.25) is 4.79 Å². The number of thiophene rings is 1. The molecule has 0 unspecified atom stereocenters. The molecule has 0 aliphatic carbocycles. The van der Waals surface area contributed by atoms with Crippen molar-refractivity contribution in [3.8, 4) is 0 Å². The van der Waals surface area contributed by atoms with Crippen LogP contribution in [0.2, 0.25) is 0 Å². The number of carbonyl (C=O) groups excluding carboxylic acids is 1. The molecule has 2 heterocycles. The van der Waals surface area contributed by atoms with Gasteiger partial charge in [-0.05, 0) is 54.6 Å². The van der Waals surface area contributed by atoms with E-state index in [1.54, 1.807) is 42.6 Å². The lowest BCUT2D eigenvalue weighted by molar-refractivity contribution is 0.0958. The molecular weight excluding hydrogens is 404 g/mol. The van der Waals surface area contributed by atoms with Crippen molar-refractivity contribution in [3.05, 3.63) is 88.2 Å². The fraction of sp³-hybridized carbons (Fsp3) is 0.136. The van der Waals surface area contributed by atoms with Crippen LogP contribution in [0.15, 0.2) is 77.1 Å². The molecule has 0 atom stereocenters. The third-order valence-corrected chi connectivity index (χ3v) is 7.32. The molecule has 2 aromatic heterocycles. The van der Waals surface area contributed by atoms with E-state index in [9.17, 15) is 13.2 Å². The van der Waals surface area contributed by atoms with Crippen LogP contribution in [0.3, 0.4) is 0 Å². The highest BCUT2D eigenvalue weighted by molar-refractivity contribution is 7.90. The largest absolute Gasteiger partial charge is 0.351 e. The normalized spacial score (nSPS) is 11.6. The topological polar surface area (TPSA) is 68.2 Å². The lowest BCUT2D eigenvalue weighted by Gasteiger charge is -2.09. The molecule has 1 N–H and O–H groups in total. The Bertz CT molecular complexity index is 1260. The highest BCUT2D eigenvalue weighted by Gasteiger charge is 2.19. The van der Waals surface area contributed by atoms with Crippen LogP contribution in [0.25, 0.3) is 10.9 Å². The van der Waals surface area contributed by atoms with Crippen molar-refractivity contribution in [2.45, 2.75) is 18.2 Å². The Kier molecular flexibility index (Phi) is 5.25. The van der Waals surface area contributed by atoms with Gasteiger partial charge in [0.2, 0.25) is 0 Å². The molecule has 4 rings (SSSR count). The Morgan fingerprint density at radius 2 is 1.86 bits per heavy atom. The first kappa shape index (κ1) is 19.4. The minimum absolute atomic E-state index is 0.0913. The predicted molar refractivity (Wildman–Crippen MR) is 116 cm³/mol. The third kappa shape index (κ3) is 3.97. The molecule has 0 fully saturated rings. The van der Waals surface area contributed by atoms with Crippen LogP contribution < -0.4 is 5.32 Å². The van der Waals surface area contributed by atoms with Gasteiger partial charge in [0.15, 0.2) is 0 Å². The Labute approximate surface area is 173 Å². The van der Waals surface area contributed by atoms with E-state index in [-0.39, 0.29) is 10.8 Å². The Balaban J connectivity index is 1.56. The molecule has 7 heteroatoms. The number of hydrogen-bond acceptors (Lipinski definition) is 4. The Hall–Kier alpha value is -2.90. The number of rotatable bonds is 6. The van der Waals surface area contributed by atoms with Crippen molar-refractivity contribution in [2.75, 3.05) is 6.54 Å². The lowest BCUT2D eigenvalue weighted by Crippen LogP contribution is -2.24. The zero-order valence-corrected chi connectivity index (χ0v) is 17.5. The number of aromatic nitrogens is 1. The summed E-state index contributed by atoms with van der Waals surface area (Å²) in [5.74, 6) is -0.0913. The van der Waals surface area contributed by atoms with E-state index in [2.05, 4.69) is 5.32 Å². The second-order valence-electron chi connectivity index (χ2n) is 6.81. The molecule has 29 heavy (non-hydrogen) atoms. The standard InChI is InChI=1S/C22H20N2O3S2/c1-16-4-8-19(9-5-16)29(26,27)24-13-11-18-7-6-17(15-20(18)24)10-12-23-22(25)21-3-2-14-28-21/h2-9,11,13-15H,10,12H2,1H3,(H,23,25). The molecule has 148 valence electrons. The Morgan fingerprint density at radius 1 is 1.07 bits per heavy atom. The smallest absolute Gasteiger partial charge is 0.268 e. The minimum Gasteiger partial charge on any atom is -0.351 e. The van der Waals surface area contributed by atoms with E-state index >= 15 is 0 Å². The first-order valence-electron chi connectivity index (χ1n) is 9.19. The van der Waals surface area contributed by atoms with Gasteiger partial charge in [-0.2, -0.15) is 0 Å². The van der Waals surface area contributed by atoms with Gasteiger partial charge in [-0.15, -0.1) is 11.3 Å². The number of carbonyl (C=O) groups is 1. The number of amides is 1. The van der Waals surface area contributed by atoms with Gasteiger partial charge < -0.3 is 5.32 Å². The molecular formula is C22H20N2O3S2. The summed E-state index contributed by atoms with van der Waals surface area (Å²) in [7, 11) is -3.67. The van der Waals surface area contributed by atoms with Gasteiger partial charge in [0.05, 0.1) is 15.3 Å². The van der Waals surface area contributed by atoms with E-state index in [0.717, 1.165) is 16.5 Å². The zero-order valence-electron chi connectivity index (χ0n) is 15.8. The maximum Gasteiger partial charge on any atom is 0.268 e. The molecule has 0 spiro atoms. The van der Waals surface area contributed by atoms with Crippen molar-refractivity contribution in [3.63, 3.8) is 0 Å². The van der Waals surface area contributed by atoms with E-state index in [0.29, 0.717) is 23.4 Å². The summed E-state index contributed by atoms with van der Waals surface area (Å²) in [6, 6.07) is 18.0. The number of fused-ring (bicyclic) bond motifs is 1.